The molecule has 2 N–H and O–H groups in total. The average Bonchev–Trinajstić information content (AvgIpc) is 3.17. The van der Waals surface area contributed by atoms with Gasteiger partial charge in [0.2, 0.25) is 5.91 Å². The van der Waals surface area contributed by atoms with E-state index < -0.39 is 0 Å². The fourth-order valence-electron chi connectivity index (χ4n) is 3.33. The predicted molar refractivity (Wildman–Crippen MR) is 102 cm³/mol. The summed E-state index contributed by atoms with van der Waals surface area (Å²) in [5.74, 6) is 2.07. The van der Waals surface area contributed by atoms with Crippen LogP contribution < -0.4 is 10.6 Å². The van der Waals surface area contributed by atoms with Gasteiger partial charge in [0.25, 0.3) is 0 Å². The van der Waals surface area contributed by atoms with Gasteiger partial charge in [-0.1, -0.05) is 18.2 Å². The fraction of sp³-hybridized carbons (Fsp3) is 0.474. The zero-order valence-corrected chi connectivity index (χ0v) is 15.1. The van der Waals surface area contributed by atoms with Gasteiger partial charge in [-0.15, -0.1) is 12.4 Å². The molecular weight excluding hydrogens is 336 g/mol. The van der Waals surface area contributed by atoms with Crippen molar-refractivity contribution in [2.45, 2.75) is 38.0 Å². The van der Waals surface area contributed by atoms with E-state index in [9.17, 15) is 4.79 Å². The lowest BCUT2D eigenvalue weighted by Gasteiger charge is -2.10. The first-order valence-corrected chi connectivity index (χ1v) is 8.95. The van der Waals surface area contributed by atoms with Crippen LogP contribution in [-0.2, 0) is 4.79 Å². The molecule has 1 aromatic heterocycles. The van der Waals surface area contributed by atoms with Gasteiger partial charge < -0.3 is 10.6 Å². The summed E-state index contributed by atoms with van der Waals surface area (Å²) in [5.41, 5.74) is 2.08. The third-order valence-electron chi connectivity index (χ3n) is 4.93. The van der Waals surface area contributed by atoms with Crippen molar-refractivity contribution in [1.82, 2.24) is 15.1 Å². The highest BCUT2D eigenvalue weighted by Gasteiger charge is 2.28. The maximum absolute atomic E-state index is 12.4. The maximum atomic E-state index is 12.4. The Morgan fingerprint density at radius 1 is 1.24 bits per heavy atom. The molecule has 2 heterocycles. The molecule has 1 saturated carbocycles. The molecular formula is C19H25ClN4O. The Labute approximate surface area is 154 Å². The first-order chi connectivity index (χ1) is 11.8. The zero-order valence-electron chi connectivity index (χ0n) is 14.3. The second-order valence-corrected chi connectivity index (χ2v) is 6.92. The van der Waals surface area contributed by atoms with Crippen molar-refractivity contribution in [3.8, 4) is 5.69 Å². The number of nitrogens with zero attached hydrogens (tertiary/aromatic N) is 2. The number of hydrogen-bond donors (Lipinski definition) is 2. The molecule has 1 amide bonds. The average molecular weight is 361 g/mol. The summed E-state index contributed by atoms with van der Waals surface area (Å²) < 4.78 is 1.86. The van der Waals surface area contributed by atoms with Crippen LogP contribution in [-0.4, -0.2) is 28.8 Å². The van der Waals surface area contributed by atoms with E-state index in [1.54, 1.807) is 0 Å². The number of carbonyl (C=O) groups is 1. The topological polar surface area (TPSA) is 59.0 Å². The number of hydrogen-bond acceptors (Lipinski definition) is 3. The van der Waals surface area contributed by atoms with Gasteiger partial charge in [-0.2, -0.15) is 5.10 Å². The summed E-state index contributed by atoms with van der Waals surface area (Å²) in [7, 11) is 0. The molecule has 1 aliphatic heterocycles. The van der Waals surface area contributed by atoms with E-state index in [1.165, 1.54) is 19.3 Å². The van der Waals surface area contributed by atoms with Crippen molar-refractivity contribution in [2.75, 3.05) is 18.4 Å². The molecule has 25 heavy (non-hydrogen) atoms. The van der Waals surface area contributed by atoms with E-state index in [1.807, 2.05) is 41.1 Å². The van der Waals surface area contributed by atoms with Crippen LogP contribution in [0.25, 0.3) is 5.69 Å². The Morgan fingerprint density at radius 3 is 2.72 bits per heavy atom. The first-order valence-electron chi connectivity index (χ1n) is 8.95. The Bertz CT molecular complexity index is 705. The molecule has 4 rings (SSSR count). The number of halogens is 1. The number of aromatic nitrogens is 2. The Kier molecular flexibility index (Phi) is 5.76. The third kappa shape index (κ3) is 4.41. The second kappa shape index (κ2) is 8.02. The van der Waals surface area contributed by atoms with Crippen molar-refractivity contribution in [1.29, 1.82) is 0 Å². The van der Waals surface area contributed by atoms with Gasteiger partial charge >= 0.3 is 0 Å². The zero-order chi connectivity index (χ0) is 16.4. The normalized spacial score (nSPS) is 19.4. The number of benzene rings is 1. The molecule has 0 bridgehead atoms. The molecule has 0 radical (unpaired) electrons. The quantitative estimate of drug-likeness (QED) is 0.828. The number of anilines is 1. The van der Waals surface area contributed by atoms with Crippen LogP contribution in [0.2, 0.25) is 0 Å². The number of rotatable bonds is 6. The Morgan fingerprint density at radius 2 is 2.04 bits per heavy atom. The molecule has 134 valence electrons. The predicted octanol–water partition coefficient (Wildman–Crippen LogP) is 3.50. The van der Waals surface area contributed by atoms with E-state index >= 15 is 0 Å². The highest BCUT2D eigenvalue weighted by Crippen LogP contribution is 2.40. The van der Waals surface area contributed by atoms with Crippen molar-refractivity contribution in [2.24, 2.45) is 5.92 Å². The molecule has 5 nitrogen and oxygen atoms in total. The van der Waals surface area contributed by atoms with Gasteiger partial charge in [-0.3, -0.25) is 4.79 Å². The standard InChI is InChI=1S/C19H24N4O.ClH/c24-19(9-6-14-10-11-20-13-14)21-18-12-17(15-7-8-15)22-23(18)16-4-2-1-3-5-16;/h1-5,12,14-15,20H,6-11,13H2,(H,21,24);1H. The summed E-state index contributed by atoms with van der Waals surface area (Å²) in [6.07, 6.45) is 5.11. The SMILES string of the molecule is Cl.O=C(CCC1CCNC1)Nc1cc(C2CC2)nn1-c1ccccc1. The van der Waals surface area contributed by atoms with Crippen LogP contribution in [0.1, 0.15) is 43.7 Å². The van der Waals surface area contributed by atoms with Gasteiger partial charge in [0.05, 0.1) is 11.4 Å². The van der Waals surface area contributed by atoms with Gasteiger partial charge in [0, 0.05) is 18.4 Å². The smallest absolute Gasteiger partial charge is 0.225 e. The number of amides is 1. The monoisotopic (exact) mass is 360 g/mol. The van der Waals surface area contributed by atoms with Crippen molar-refractivity contribution >= 4 is 24.1 Å². The third-order valence-corrected chi connectivity index (χ3v) is 4.93. The number of nitrogens with one attached hydrogen (secondary N) is 2. The summed E-state index contributed by atoms with van der Waals surface area (Å²) in [6, 6.07) is 12.1. The highest BCUT2D eigenvalue weighted by atomic mass is 35.5. The minimum absolute atomic E-state index is 0. The maximum Gasteiger partial charge on any atom is 0.225 e. The van der Waals surface area contributed by atoms with Gasteiger partial charge in [0.1, 0.15) is 5.82 Å². The van der Waals surface area contributed by atoms with Crippen molar-refractivity contribution < 1.29 is 4.79 Å². The molecule has 2 aliphatic rings. The Balaban J connectivity index is 0.00000182. The van der Waals surface area contributed by atoms with Crippen LogP contribution >= 0.6 is 12.4 Å². The summed E-state index contributed by atoms with van der Waals surface area (Å²) in [4.78, 5) is 12.4. The lowest BCUT2D eigenvalue weighted by molar-refractivity contribution is -0.116. The summed E-state index contributed by atoms with van der Waals surface area (Å²) in [6.45, 7) is 2.12. The van der Waals surface area contributed by atoms with Gasteiger partial charge in [-0.05, 0) is 56.8 Å². The Hall–Kier alpha value is -1.85. The van der Waals surface area contributed by atoms with E-state index in [4.69, 9.17) is 5.10 Å². The van der Waals surface area contributed by atoms with Crippen LogP contribution in [0.4, 0.5) is 5.82 Å². The summed E-state index contributed by atoms with van der Waals surface area (Å²) in [5, 5.41) is 11.2. The number of carbonyl (C=O) groups excluding carboxylic acids is 1. The lowest BCUT2D eigenvalue weighted by atomic mass is 10.0. The fourth-order valence-corrected chi connectivity index (χ4v) is 3.33. The molecule has 1 aliphatic carbocycles. The summed E-state index contributed by atoms with van der Waals surface area (Å²) >= 11 is 0. The molecule has 1 aromatic carbocycles. The largest absolute Gasteiger partial charge is 0.316 e. The van der Waals surface area contributed by atoms with Crippen LogP contribution in [0.15, 0.2) is 36.4 Å². The highest BCUT2D eigenvalue weighted by molar-refractivity contribution is 5.90. The molecule has 1 atom stereocenters. The lowest BCUT2D eigenvalue weighted by Crippen LogP contribution is -2.17. The van der Waals surface area contributed by atoms with E-state index in [2.05, 4.69) is 10.6 Å². The van der Waals surface area contributed by atoms with Crippen molar-refractivity contribution in [3.63, 3.8) is 0 Å². The van der Waals surface area contributed by atoms with E-state index in [0.29, 0.717) is 18.3 Å². The van der Waals surface area contributed by atoms with Crippen LogP contribution in [0.5, 0.6) is 0 Å². The van der Waals surface area contributed by atoms with Crippen LogP contribution in [0, 0.1) is 5.92 Å². The second-order valence-electron chi connectivity index (χ2n) is 6.92. The molecule has 6 heteroatoms. The molecule has 0 spiro atoms. The minimum Gasteiger partial charge on any atom is -0.316 e. The van der Waals surface area contributed by atoms with Gasteiger partial charge in [-0.25, -0.2) is 4.68 Å². The van der Waals surface area contributed by atoms with Crippen molar-refractivity contribution in [3.05, 3.63) is 42.1 Å². The van der Waals surface area contributed by atoms with E-state index in [-0.39, 0.29) is 18.3 Å². The molecule has 2 aromatic rings. The van der Waals surface area contributed by atoms with Gasteiger partial charge in [0.15, 0.2) is 0 Å². The molecule has 2 fully saturated rings. The minimum atomic E-state index is 0. The first kappa shape index (κ1) is 18.0. The number of para-hydroxylation sites is 1. The molecule has 1 unspecified atom stereocenters. The van der Waals surface area contributed by atoms with Crippen LogP contribution in [0.3, 0.4) is 0 Å². The van der Waals surface area contributed by atoms with E-state index in [0.717, 1.165) is 36.7 Å². The molecule has 1 saturated heterocycles.